The molecule has 0 aromatic heterocycles. The minimum Gasteiger partial charge on any atom is -0.481 e. The Labute approximate surface area is 180 Å². The van der Waals surface area contributed by atoms with Crippen molar-refractivity contribution in [1.82, 2.24) is 4.90 Å². The lowest BCUT2D eigenvalue weighted by atomic mass is 10.1. The number of carboxylic acid groups (broad SMARTS) is 1. The molecule has 0 radical (unpaired) electrons. The van der Waals surface area contributed by atoms with Crippen molar-refractivity contribution in [2.24, 2.45) is 11.8 Å². The van der Waals surface area contributed by atoms with Crippen LogP contribution < -0.4 is 0 Å². The van der Waals surface area contributed by atoms with Crippen LogP contribution in [0.5, 0.6) is 0 Å². The number of hydrogen-bond acceptors (Lipinski definition) is 4. The Kier molecular flexibility index (Phi) is 8.29. The number of rotatable bonds is 8. The van der Waals surface area contributed by atoms with Gasteiger partial charge in [0.05, 0.1) is 5.92 Å². The highest BCUT2D eigenvalue weighted by Gasteiger charge is 2.28. The molecule has 2 aromatic rings. The Morgan fingerprint density at radius 2 is 1.52 bits per heavy atom. The molecule has 1 atom stereocenters. The van der Waals surface area contributed by atoms with Gasteiger partial charge in [-0.25, -0.2) is 0 Å². The molecule has 0 saturated carbocycles. The molecule has 154 valence electrons. The smallest absolute Gasteiger partial charge is 0.309 e. The molecule has 0 saturated heterocycles. The second kappa shape index (κ2) is 10.5. The van der Waals surface area contributed by atoms with E-state index in [4.69, 9.17) is 11.6 Å². The molecule has 1 unspecified atom stereocenters. The number of carbonyl (C=O) groups is 3. The van der Waals surface area contributed by atoms with Crippen LogP contribution in [0, 0.1) is 11.8 Å². The minimum atomic E-state index is -1.03. The Hall–Kier alpha value is -2.31. The van der Waals surface area contributed by atoms with Gasteiger partial charge >= 0.3 is 5.97 Å². The minimum absolute atomic E-state index is 0.127. The molecule has 2 rings (SSSR count). The van der Waals surface area contributed by atoms with Gasteiger partial charge in [0.25, 0.3) is 0 Å². The van der Waals surface area contributed by atoms with Crippen LogP contribution in [0.1, 0.15) is 20.8 Å². The maximum atomic E-state index is 12.2. The number of carboxylic acids is 1. The van der Waals surface area contributed by atoms with Crippen molar-refractivity contribution in [1.29, 1.82) is 0 Å². The van der Waals surface area contributed by atoms with Crippen LogP contribution >= 0.6 is 23.4 Å². The van der Waals surface area contributed by atoms with Crippen molar-refractivity contribution in [3.8, 4) is 11.1 Å². The highest BCUT2D eigenvalue weighted by Crippen LogP contribution is 2.27. The van der Waals surface area contributed by atoms with E-state index in [1.807, 2.05) is 48.5 Å². The summed E-state index contributed by atoms with van der Waals surface area (Å²) in [5, 5.41) is 10.2. The molecule has 0 heterocycles. The summed E-state index contributed by atoms with van der Waals surface area (Å²) in [5.41, 5.74) is 2.07. The molecule has 29 heavy (non-hydrogen) atoms. The maximum Gasteiger partial charge on any atom is 0.309 e. The topological polar surface area (TPSA) is 74.7 Å². The van der Waals surface area contributed by atoms with E-state index in [1.165, 1.54) is 18.7 Å². The highest BCUT2D eigenvalue weighted by atomic mass is 35.5. The van der Waals surface area contributed by atoms with Gasteiger partial charge in [0.1, 0.15) is 0 Å². The molecule has 0 aliphatic heterocycles. The van der Waals surface area contributed by atoms with Gasteiger partial charge in [0.2, 0.25) is 11.8 Å². The van der Waals surface area contributed by atoms with E-state index in [9.17, 15) is 19.5 Å². The Bertz CT molecular complexity index is 865. The molecule has 0 aliphatic rings. The number of thioether (sulfide) groups is 1. The zero-order valence-electron chi connectivity index (χ0n) is 16.6. The van der Waals surface area contributed by atoms with Gasteiger partial charge in [-0.2, -0.15) is 0 Å². The first-order chi connectivity index (χ1) is 13.7. The SMILES string of the molecule is CC(=O)N(CC(CSc1ccc(-c2ccc(Cl)cc2)cc1)C(=O)O)C(=O)C(C)C. The third-order valence-electron chi connectivity index (χ3n) is 4.38. The standard InChI is InChI=1S/C22H24ClNO4S/c1-14(2)21(26)24(15(3)25)12-18(22(27)28)13-29-20-10-6-17(7-11-20)16-4-8-19(23)9-5-16/h4-11,14,18H,12-13H2,1-3H3,(H,27,28). The van der Waals surface area contributed by atoms with Crippen molar-refractivity contribution in [3.63, 3.8) is 0 Å². The second-order valence-electron chi connectivity index (χ2n) is 7.00. The molecule has 5 nitrogen and oxygen atoms in total. The van der Waals surface area contributed by atoms with E-state index in [2.05, 4.69) is 0 Å². The lowest BCUT2D eigenvalue weighted by molar-refractivity contribution is -0.148. The number of carbonyl (C=O) groups excluding carboxylic acids is 2. The average molecular weight is 434 g/mol. The number of hydrogen-bond donors (Lipinski definition) is 1. The summed E-state index contributed by atoms with van der Waals surface area (Å²) in [4.78, 5) is 37.6. The molecule has 7 heteroatoms. The zero-order valence-corrected chi connectivity index (χ0v) is 18.2. The van der Waals surface area contributed by atoms with Crippen LogP contribution in [-0.4, -0.2) is 40.1 Å². The maximum absolute atomic E-state index is 12.2. The van der Waals surface area contributed by atoms with Crippen molar-refractivity contribution < 1.29 is 19.5 Å². The third-order valence-corrected chi connectivity index (χ3v) is 5.80. The molecule has 0 bridgehead atoms. The molecule has 1 N–H and O–H groups in total. The summed E-state index contributed by atoms with van der Waals surface area (Å²) in [5.74, 6) is -2.79. The van der Waals surface area contributed by atoms with Gasteiger partial charge in [0.15, 0.2) is 0 Å². The van der Waals surface area contributed by atoms with E-state index in [-0.39, 0.29) is 24.1 Å². The van der Waals surface area contributed by atoms with E-state index < -0.39 is 17.8 Å². The van der Waals surface area contributed by atoms with Gasteiger partial charge in [-0.15, -0.1) is 11.8 Å². The van der Waals surface area contributed by atoms with Crippen LogP contribution in [0.25, 0.3) is 11.1 Å². The number of nitrogens with zero attached hydrogens (tertiary/aromatic N) is 1. The van der Waals surface area contributed by atoms with Gasteiger partial charge < -0.3 is 5.11 Å². The molecular formula is C22H24ClNO4S. The van der Waals surface area contributed by atoms with Gasteiger partial charge in [-0.3, -0.25) is 19.3 Å². The fourth-order valence-corrected chi connectivity index (χ4v) is 3.79. The predicted molar refractivity (Wildman–Crippen MR) is 116 cm³/mol. The first-order valence-electron chi connectivity index (χ1n) is 9.22. The van der Waals surface area contributed by atoms with E-state index in [0.717, 1.165) is 20.9 Å². The van der Waals surface area contributed by atoms with Crippen LogP contribution in [-0.2, 0) is 14.4 Å². The van der Waals surface area contributed by atoms with Gasteiger partial charge in [-0.1, -0.05) is 49.7 Å². The van der Waals surface area contributed by atoms with Crippen molar-refractivity contribution in [2.75, 3.05) is 12.3 Å². The van der Waals surface area contributed by atoms with E-state index >= 15 is 0 Å². The van der Waals surface area contributed by atoms with Crippen LogP contribution in [0.15, 0.2) is 53.4 Å². The quantitative estimate of drug-likeness (QED) is 0.603. The number of amides is 2. The van der Waals surface area contributed by atoms with Crippen molar-refractivity contribution in [2.45, 2.75) is 25.7 Å². The summed E-state index contributed by atoms with van der Waals surface area (Å²) in [6, 6.07) is 15.3. The fraction of sp³-hybridized carbons (Fsp3) is 0.318. The van der Waals surface area contributed by atoms with Crippen molar-refractivity contribution in [3.05, 3.63) is 53.6 Å². The van der Waals surface area contributed by atoms with Crippen LogP contribution in [0.3, 0.4) is 0 Å². The number of imide groups is 1. The summed E-state index contributed by atoms with van der Waals surface area (Å²) in [6.45, 7) is 4.52. The molecule has 2 aromatic carbocycles. The third kappa shape index (κ3) is 6.61. The first-order valence-corrected chi connectivity index (χ1v) is 10.6. The zero-order chi connectivity index (χ0) is 21.6. The van der Waals surface area contributed by atoms with E-state index in [0.29, 0.717) is 5.02 Å². The highest BCUT2D eigenvalue weighted by molar-refractivity contribution is 7.99. The predicted octanol–water partition coefficient (Wildman–Crippen LogP) is 4.83. The summed E-state index contributed by atoms with van der Waals surface area (Å²) in [6.07, 6.45) is 0. The Balaban J connectivity index is 2.04. The largest absolute Gasteiger partial charge is 0.481 e. The molecule has 2 amide bonds. The molecular weight excluding hydrogens is 410 g/mol. The lowest BCUT2D eigenvalue weighted by Gasteiger charge is -2.24. The molecule has 0 aliphatic carbocycles. The fourth-order valence-electron chi connectivity index (χ4n) is 2.69. The van der Waals surface area contributed by atoms with Crippen LogP contribution in [0.4, 0.5) is 0 Å². The van der Waals surface area contributed by atoms with Gasteiger partial charge in [-0.05, 0) is 35.4 Å². The number of benzene rings is 2. The lowest BCUT2D eigenvalue weighted by Crippen LogP contribution is -2.43. The average Bonchev–Trinajstić information content (AvgIpc) is 2.68. The molecule has 0 fully saturated rings. The normalized spacial score (nSPS) is 11.9. The monoisotopic (exact) mass is 433 g/mol. The number of halogens is 1. The Morgan fingerprint density at radius 1 is 1.00 bits per heavy atom. The van der Waals surface area contributed by atoms with Gasteiger partial charge in [0, 0.05) is 35.1 Å². The second-order valence-corrected chi connectivity index (χ2v) is 8.53. The van der Waals surface area contributed by atoms with Crippen molar-refractivity contribution >= 4 is 41.1 Å². The van der Waals surface area contributed by atoms with E-state index in [1.54, 1.807) is 13.8 Å². The Morgan fingerprint density at radius 3 is 1.97 bits per heavy atom. The van der Waals surface area contributed by atoms with Crippen LogP contribution in [0.2, 0.25) is 5.02 Å². The first kappa shape index (κ1) is 23.0. The molecule has 0 spiro atoms. The number of aliphatic carboxylic acids is 1. The summed E-state index contributed by atoms with van der Waals surface area (Å²) >= 11 is 7.30. The summed E-state index contributed by atoms with van der Waals surface area (Å²) < 4.78 is 0. The summed E-state index contributed by atoms with van der Waals surface area (Å²) in [7, 11) is 0.